The molecule has 1 amide bonds. The van der Waals surface area contributed by atoms with Gasteiger partial charge in [0.25, 0.3) is 5.56 Å². The van der Waals surface area contributed by atoms with E-state index in [1.54, 1.807) is 17.0 Å². The number of halogens is 1. The normalized spacial score (nSPS) is 16.4. The number of hydrogen-bond acceptors (Lipinski definition) is 6. The maximum absolute atomic E-state index is 12.5. The zero-order valence-corrected chi connectivity index (χ0v) is 18.2. The minimum atomic E-state index is -0.536. The van der Waals surface area contributed by atoms with Crippen LogP contribution < -0.4 is 21.9 Å². The van der Waals surface area contributed by atoms with Crippen LogP contribution in [0.15, 0.2) is 33.9 Å². The maximum Gasteiger partial charge on any atom is 0.329 e. The van der Waals surface area contributed by atoms with Gasteiger partial charge in [0, 0.05) is 62.0 Å². The lowest BCUT2D eigenvalue weighted by atomic mass is 10.1. The Balaban J connectivity index is 1.57. The molecule has 1 aliphatic rings. The molecule has 168 valence electrons. The Morgan fingerprint density at radius 2 is 2.13 bits per heavy atom. The van der Waals surface area contributed by atoms with Crippen LogP contribution in [0.5, 0.6) is 0 Å². The smallest absolute Gasteiger partial charge is 0.329 e. The minimum Gasteiger partial charge on any atom is -0.396 e. The number of anilines is 2. The third-order valence-electron chi connectivity index (χ3n) is 5.33. The summed E-state index contributed by atoms with van der Waals surface area (Å²) in [6.07, 6.45) is 1.24. The fourth-order valence-electron chi connectivity index (χ4n) is 3.57. The van der Waals surface area contributed by atoms with Gasteiger partial charge >= 0.3 is 5.69 Å². The van der Waals surface area contributed by atoms with E-state index in [4.69, 9.17) is 16.7 Å². The number of H-pyrrole nitrogens is 1. The lowest BCUT2D eigenvalue weighted by Gasteiger charge is -2.33. The Morgan fingerprint density at radius 1 is 1.32 bits per heavy atom. The number of aliphatic hydroxyl groups is 1. The first-order chi connectivity index (χ1) is 14.9. The molecule has 1 saturated heterocycles. The second-order valence-corrected chi connectivity index (χ2v) is 8.08. The average Bonchev–Trinajstić information content (AvgIpc) is 2.73. The molecule has 3 rings (SSSR count). The predicted octanol–water partition coefficient (Wildman–Crippen LogP) is 1.21. The van der Waals surface area contributed by atoms with Gasteiger partial charge in [0.1, 0.15) is 5.82 Å². The first-order valence-corrected chi connectivity index (χ1v) is 10.7. The van der Waals surface area contributed by atoms with E-state index in [-0.39, 0.29) is 37.3 Å². The molecule has 1 atom stereocenters. The van der Waals surface area contributed by atoms with Gasteiger partial charge in [-0.2, -0.15) is 0 Å². The third kappa shape index (κ3) is 6.19. The average molecular weight is 450 g/mol. The van der Waals surface area contributed by atoms with Crippen LogP contribution in [0.4, 0.5) is 11.5 Å². The molecule has 1 unspecified atom stereocenters. The number of rotatable bonds is 8. The highest BCUT2D eigenvalue weighted by Crippen LogP contribution is 2.21. The summed E-state index contributed by atoms with van der Waals surface area (Å²) in [6.45, 7) is 3.98. The summed E-state index contributed by atoms with van der Waals surface area (Å²) >= 11 is 6.11. The number of piperazine rings is 1. The van der Waals surface area contributed by atoms with Gasteiger partial charge in [0.05, 0.1) is 0 Å². The summed E-state index contributed by atoms with van der Waals surface area (Å²) in [5.74, 6) is 0.265. The summed E-state index contributed by atoms with van der Waals surface area (Å²) in [5.41, 5.74) is 0.604. The van der Waals surface area contributed by atoms with E-state index in [9.17, 15) is 14.4 Å². The monoisotopic (exact) mass is 449 g/mol. The standard InChI is InChI=1S/C21H28ClN5O4/c1-14-4-5-15(11-17(14)22)24-18-12-20(30)27(21(31)25-18)8-2-3-19(29)26-9-7-23-16(13-26)6-10-28/h4-5,11-12,16,23-24,28H,2-3,6-10,13H2,1H3,(H,25,31). The topological polar surface area (TPSA) is 119 Å². The molecule has 1 aromatic carbocycles. The molecule has 0 bridgehead atoms. The van der Waals surface area contributed by atoms with Crippen molar-refractivity contribution in [2.45, 2.75) is 38.8 Å². The van der Waals surface area contributed by atoms with Crippen molar-refractivity contribution in [3.63, 3.8) is 0 Å². The van der Waals surface area contributed by atoms with Crippen molar-refractivity contribution in [1.29, 1.82) is 0 Å². The van der Waals surface area contributed by atoms with Crippen LogP contribution in [0.3, 0.4) is 0 Å². The molecule has 0 spiro atoms. The molecule has 31 heavy (non-hydrogen) atoms. The Bertz CT molecular complexity index is 1000. The second kappa shape index (κ2) is 10.6. The molecule has 1 fully saturated rings. The van der Waals surface area contributed by atoms with Gasteiger partial charge in [-0.25, -0.2) is 4.79 Å². The highest BCUT2D eigenvalue weighted by atomic mass is 35.5. The van der Waals surface area contributed by atoms with E-state index in [1.807, 2.05) is 13.0 Å². The Morgan fingerprint density at radius 3 is 2.84 bits per heavy atom. The first-order valence-electron chi connectivity index (χ1n) is 10.4. The van der Waals surface area contributed by atoms with Crippen molar-refractivity contribution in [3.8, 4) is 0 Å². The number of carbonyl (C=O) groups is 1. The van der Waals surface area contributed by atoms with Crippen molar-refractivity contribution < 1.29 is 9.90 Å². The zero-order valence-electron chi connectivity index (χ0n) is 17.5. The van der Waals surface area contributed by atoms with Crippen LogP contribution in [0.1, 0.15) is 24.8 Å². The summed E-state index contributed by atoms with van der Waals surface area (Å²) in [7, 11) is 0. The Labute approximate surface area is 185 Å². The molecular weight excluding hydrogens is 422 g/mol. The predicted molar refractivity (Wildman–Crippen MR) is 120 cm³/mol. The number of aliphatic hydroxyl groups excluding tert-OH is 1. The van der Waals surface area contributed by atoms with Crippen LogP contribution >= 0.6 is 11.6 Å². The highest BCUT2D eigenvalue weighted by Gasteiger charge is 2.22. The Kier molecular flexibility index (Phi) is 7.89. The number of aromatic nitrogens is 2. The van der Waals surface area contributed by atoms with Crippen LogP contribution in [-0.2, 0) is 11.3 Å². The fraction of sp³-hybridized carbons (Fsp3) is 0.476. The van der Waals surface area contributed by atoms with Gasteiger partial charge < -0.3 is 20.6 Å². The summed E-state index contributed by atoms with van der Waals surface area (Å²) in [4.78, 5) is 41.7. The summed E-state index contributed by atoms with van der Waals surface area (Å²) in [5, 5.41) is 15.9. The molecule has 9 nitrogen and oxygen atoms in total. The van der Waals surface area contributed by atoms with Gasteiger partial charge in [-0.1, -0.05) is 17.7 Å². The quantitative estimate of drug-likeness (QED) is 0.481. The van der Waals surface area contributed by atoms with E-state index in [0.29, 0.717) is 43.2 Å². The number of benzene rings is 1. The summed E-state index contributed by atoms with van der Waals surface area (Å²) < 4.78 is 1.09. The van der Waals surface area contributed by atoms with Gasteiger partial charge in [-0.3, -0.25) is 19.1 Å². The number of hydrogen-bond donors (Lipinski definition) is 4. The zero-order chi connectivity index (χ0) is 22.4. The molecule has 2 heterocycles. The molecule has 0 aliphatic carbocycles. The molecule has 1 aromatic heterocycles. The van der Waals surface area contributed by atoms with Gasteiger partial charge in [0.2, 0.25) is 5.91 Å². The molecule has 4 N–H and O–H groups in total. The van der Waals surface area contributed by atoms with Crippen molar-refractivity contribution in [2.24, 2.45) is 0 Å². The number of aryl methyl sites for hydroxylation is 1. The SMILES string of the molecule is Cc1ccc(Nc2cc(=O)n(CCCC(=O)N3CCNC(CCO)C3)c(=O)[nH]2)cc1Cl. The molecule has 10 heteroatoms. The Hall–Kier alpha value is -2.62. The second-order valence-electron chi connectivity index (χ2n) is 7.67. The lowest BCUT2D eigenvalue weighted by molar-refractivity contribution is -0.132. The van der Waals surface area contributed by atoms with E-state index in [1.165, 1.54) is 6.07 Å². The highest BCUT2D eigenvalue weighted by molar-refractivity contribution is 6.31. The van der Waals surface area contributed by atoms with Crippen molar-refractivity contribution in [3.05, 3.63) is 55.7 Å². The van der Waals surface area contributed by atoms with Crippen LogP contribution in [0.2, 0.25) is 5.02 Å². The van der Waals surface area contributed by atoms with Crippen molar-refractivity contribution >= 4 is 29.0 Å². The van der Waals surface area contributed by atoms with Crippen LogP contribution in [0.25, 0.3) is 0 Å². The van der Waals surface area contributed by atoms with Gasteiger partial charge in [-0.15, -0.1) is 0 Å². The molecule has 0 saturated carbocycles. The molecule has 2 aromatic rings. The lowest BCUT2D eigenvalue weighted by Crippen LogP contribution is -2.52. The third-order valence-corrected chi connectivity index (χ3v) is 5.74. The number of carbonyl (C=O) groups excluding carboxylic acids is 1. The number of aromatic amines is 1. The van der Waals surface area contributed by atoms with Crippen molar-refractivity contribution in [1.82, 2.24) is 19.8 Å². The molecule has 1 aliphatic heterocycles. The molecule has 0 radical (unpaired) electrons. The number of amides is 1. The maximum atomic E-state index is 12.5. The number of nitrogens with zero attached hydrogens (tertiary/aromatic N) is 2. The largest absolute Gasteiger partial charge is 0.396 e. The molecular formula is C21H28ClN5O4. The number of nitrogens with one attached hydrogen (secondary N) is 3. The van der Waals surface area contributed by atoms with E-state index < -0.39 is 11.2 Å². The van der Waals surface area contributed by atoms with E-state index >= 15 is 0 Å². The van der Waals surface area contributed by atoms with E-state index in [0.717, 1.165) is 10.1 Å². The van der Waals surface area contributed by atoms with Crippen LogP contribution in [-0.4, -0.2) is 57.7 Å². The van der Waals surface area contributed by atoms with Crippen LogP contribution in [0, 0.1) is 6.92 Å². The summed E-state index contributed by atoms with van der Waals surface area (Å²) in [6, 6.07) is 6.76. The van der Waals surface area contributed by atoms with Gasteiger partial charge in [-0.05, 0) is 37.5 Å². The fourth-order valence-corrected chi connectivity index (χ4v) is 3.75. The van der Waals surface area contributed by atoms with Crippen molar-refractivity contribution in [2.75, 3.05) is 31.6 Å². The van der Waals surface area contributed by atoms with E-state index in [2.05, 4.69) is 15.6 Å². The minimum absolute atomic E-state index is 0.0107. The first kappa shape index (κ1) is 23.1. The van der Waals surface area contributed by atoms with Gasteiger partial charge in [0.15, 0.2) is 0 Å².